The number of carbonyl (C=O) groups excluding carboxylic acids is 5. The lowest BCUT2D eigenvalue weighted by Gasteiger charge is -2.27. The van der Waals surface area contributed by atoms with E-state index in [1.165, 1.54) is 12.3 Å². The van der Waals surface area contributed by atoms with Crippen molar-refractivity contribution < 1.29 is 28.7 Å². The SMILES string of the molecule is NC(=O)c1ncccc1CCOc1cccc2c1C(=O)N(C1CCC(=O)NC1=O)C2=O. The van der Waals surface area contributed by atoms with Crippen molar-refractivity contribution in [3.05, 3.63) is 58.9 Å². The van der Waals surface area contributed by atoms with Crippen LogP contribution in [0.15, 0.2) is 36.5 Å². The van der Waals surface area contributed by atoms with E-state index in [0.717, 1.165) is 4.90 Å². The fourth-order valence-corrected chi connectivity index (χ4v) is 3.74. The molecule has 2 aromatic rings. The Labute approximate surface area is 176 Å². The highest BCUT2D eigenvalue weighted by molar-refractivity contribution is 6.24. The van der Waals surface area contributed by atoms with Gasteiger partial charge in [-0.2, -0.15) is 0 Å². The average Bonchev–Trinajstić information content (AvgIpc) is 3.00. The quantitative estimate of drug-likeness (QED) is 0.632. The number of hydrogen-bond acceptors (Lipinski definition) is 7. The third-order valence-corrected chi connectivity index (χ3v) is 5.18. The Balaban J connectivity index is 1.53. The molecular weight excluding hydrogens is 404 g/mol. The van der Waals surface area contributed by atoms with E-state index in [1.54, 1.807) is 24.3 Å². The molecule has 1 saturated heterocycles. The molecular formula is C21H18N4O6. The number of amides is 5. The number of aromatic nitrogens is 1. The summed E-state index contributed by atoms with van der Waals surface area (Å²) in [6.45, 7) is 0.0995. The van der Waals surface area contributed by atoms with Gasteiger partial charge in [0.25, 0.3) is 17.7 Å². The van der Waals surface area contributed by atoms with Gasteiger partial charge in [-0.1, -0.05) is 12.1 Å². The number of nitrogens with two attached hydrogens (primary N) is 1. The van der Waals surface area contributed by atoms with Crippen molar-refractivity contribution in [1.82, 2.24) is 15.2 Å². The van der Waals surface area contributed by atoms with Crippen LogP contribution in [0.25, 0.3) is 0 Å². The summed E-state index contributed by atoms with van der Waals surface area (Å²) >= 11 is 0. The van der Waals surface area contributed by atoms with Crippen LogP contribution in [0.4, 0.5) is 0 Å². The first-order chi connectivity index (χ1) is 14.9. The molecule has 1 fully saturated rings. The van der Waals surface area contributed by atoms with Crippen LogP contribution in [0.1, 0.15) is 49.6 Å². The smallest absolute Gasteiger partial charge is 0.267 e. The number of rotatable bonds is 6. The van der Waals surface area contributed by atoms with Gasteiger partial charge in [0.1, 0.15) is 17.5 Å². The minimum Gasteiger partial charge on any atom is -0.492 e. The summed E-state index contributed by atoms with van der Waals surface area (Å²) < 4.78 is 5.75. The fraction of sp³-hybridized carbons (Fsp3) is 0.238. The summed E-state index contributed by atoms with van der Waals surface area (Å²) in [5.41, 5.74) is 6.26. The van der Waals surface area contributed by atoms with Crippen molar-refractivity contribution in [3.63, 3.8) is 0 Å². The van der Waals surface area contributed by atoms with Gasteiger partial charge in [0.15, 0.2) is 0 Å². The van der Waals surface area contributed by atoms with Crippen LogP contribution in [0.3, 0.4) is 0 Å². The lowest BCUT2D eigenvalue weighted by Crippen LogP contribution is -2.54. The van der Waals surface area contributed by atoms with Crippen molar-refractivity contribution in [1.29, 1.82) is 0 Å². The van der Waals surface area contributed by atoms with Crippen LogP contribution in [-0.4, -0.2) is 52.1 Å². The molecule has 1 atom stereocenters. The molecule has 1 aromatic carbocycles. The predicted molar refractivity (Wildman–Crippen MR) is 105 cm³/mol. The normalized spacial score (nSPS) is 18.1. The molecule has 5 amide bonds. The van der Waals surface area contributed by atoms with Gasteiger partial charge in [-0.3, -0.25) is 39.2 Å². The number of nitrogens with one attached hydrogen (secondary N) is 1. The van der Waals surface area contributed by atoms with Crippen LogP contribution in [0.5, 0.6) is 5.75 Å². The first-order valence-corrected chi connectivity index (χ1v) is 9.59. The van der Waals surface area contributed by atoms with E-state index in [0.29, 0.717) is 12.0 Å². The number of nitrogens with zero attached hydrogens (tertiary/aromatic N) is 2. The van der Waals surface area contributed by atoms with E-state index in [-0.39, 0.29) is 42.0 Å². The topological polar surface area (TPSA) is 149 Å². The van der Waals surface area contributed by atoms with E-state index in [2.05, 4.69) is 10.3 Å². The molecule has 3 N–H and O–H groups in total. The Morgan fingerprint density at radius 1 is 1.16 bits per heavy atom. The lowest BCUT2D eigenvalue weighted by atomic mass is 10.0. The van der Waals surface area contributed by atoms with E-state index >= 15 is 0 Å². The zero-order chi connectivity index (χ0) is 22.1. The Morgan fingerprint density at radius 3 is 2.71 bits per heavy atom. The molecule has 10 nitrogen and oxygen atoms in total. The molecule has 0 radical (unpaired) electrons. The van der Waals surface area contributed by atoms with E-state index in [9.17, 15) is 24.0 Å². The molecule has 158 valence electrons. The van der Waals surface area contributed by atoms with Crippen molar-refractivity contribution >= 4 is 29.5 Å². The van der Waals surface area contributed by atoms with E-state index in [4.69, 9.17) is 10.5 Å². The van der Waals surface area contributed by atoms with Gasteiger partial charge in [0.05, 0.1) is 17.7 Å². The summed E-state index contributed by atoms with van der Waals surface area (Å²) in [5.74, 6) is -2.84. The highest BCUT2D eigenvalue weighted by atomic mass is 16.5. The third kappa shape index (κ3) is 3.63. The summed E-state index contributed by atoms with van der Waals surface area (Å²) in [5, 5.41) is 2.16. The van der Waals surface area contributed by atoms with Gasteiger partial charge >= 0.3 is 0 Å². The minimum absolute atomic E-state index is 0.0421. The Hall–Kier alpha value is -4.08. The van der Waals surface area contributed by atoms with Crippen molar-refractivity contribution in [2.24, 2.45) is 5.73 Å². The van der Waals surface area contributed by atoms with Gasteiger partial charge < -0.3 is 10.5 Å². The van der Waals surface area contributed by atoms with Crippen LogP contribution in [0, 0.1) is 0 Å². The number of pyridine rings is 1. The maximum atomic E-state index is 13.0. The maximum Gasteiger partial charge on any atom is 0.267 e. The number of carbonyl (C=O) groups is 5. The number of primary amides is 1. The van der Waals surface area contributed by atoms with Gasteiger partial charge in [-0.25, -0.2) is 0 Å². The molecule has 0 bridgehead atoms. The minimum atomic E-state index is -1.05. The lowest BCUT2D eigenvalue weighted by molar-refractivity contribution is -0.136. The summed E-state index contributed by atoms with van der Waals surface area (Å²) in [4.78, 5) is 65.8. The number of imide groups is 2. The second-order valence-electron chi connectivity index (χ2n) is 7.10. The Kier molecular flexibility index (Phi) is 5.20. The number of hydrogen-bond donors (Lipinski definition) is 2. The Bertz CT molecular complexity index is 1130. The fourth-order valence-electron chi connectivity index (χ4n) is 3.74. The second kappa shape index (κ2) is 7.98. The van der Waals surface area contributed by atoms with Crippen LogP contribution in [-0.2, 0) is 16.0 Å². The predicted octanol–water partition coefficient (Wildman–Crippen LogP) is 0.203. The number of benzene rings is 1. The van der Waals surface area contributed by atoms with Gasteiger partial charge in [0.2, 0.25) is 11.8 Å². The van der Waals surface area contributed by atoms with Crippen molar-refractivity contribution in [2.75, 3.05) is 6.61 Å². The summed E-state index contributed by atoms with van der Waals surface area (Å²) in [7, 11) is 0. The van der Waals surface area contributed by atoms with Gasteiger partial charge in [-0.15, -0.1) is 0 Å². The largest absolute Gasteiger partial charge is 0.492 e. The molecule has 10 heteroatoms. The zero-order valence-corrected chi connectivity index (χ0v) is 16.3. The van der Waals surface area contributed by atoms with Crippen molar-refractivity contribution in [2.45, 2.75) is 25.3 Å². The van der Waals surface area contributed by atoms with Crippen LogP contribution in [0.2, 0.25) is 0 Å². The Morgan fingerprint density at radius 2 is 1.97 bits per heavy atom. The monoisotopic (exact) mass is 422 g/mol. The number of fused-ring (bicyclic) bond motifs is 1. The molecule has 1 aromatic heterocycles. The number of ether oxygens (including phenoxy) is 1. The molecule has 3 heterocycles. The first-order valence-electron chi connectivity index (χ1n) is 9.59. The molecule has 2 aliphatic rings. The van der Waals surface area contributed by atoms with Crippen LogP contribution < -0.4 is 15.8 Å². The van der Waals surface area contributed by atoms with Crippen LogP contribution >= 0.6 is 0 Å². The molecule has 0 saturated carbocycles. The molecule has 2 aliphatic heterocycles. The van der Waals surface area contributed by atoms with Gasteiger partial charge in [0, 0.05) is 19.0 Å². The zero-order valence-electron chi connectivity index (χ0n) is 16.3. The molecule has 31 heavy (non-hydrogen) atoms. The molecule has 4 rings (SSSR count). The molecule has 1 unspecified atom stereocenters. The second-order valence-corrected chi connectivity index (χ2v) is 7.10. The summed E-state index contributed by atoms with van der Waals surface area (Å²) in [6, 6.07) is 6.93. The summed E-state index contributed by atoms with van der Waals surface area (Å²) in [6.07, 6.45) is 1.88. The maximum absolute atomic E-state index is 13.0. The average molecular weight is 422 g/mol. The van der Waals surface area contributed by atoms with E-state index in [1.807, 2.05) is 0 Å². The van der Waals surface area contributed by atoms with Gasteiger partial charge in [-0.05, 0) is 30.2 Å². The van der Waals surface area contributed by atoms with Crippen molar-refractivity contribution in [3.8, 4) is 5.75 Å². The standard InChI is InChI=1S/C21H18N4O6/c22-18(27)17-11(3-2-9-23-17)8-10-31-14-5-1-4-12-16(14)21(30)25(20(12)29)13-6-7-15(26)24-19(13)28/h1-5,9,13H,6-8,10H2,(H2,22,27)(H,24,26,28). The van der Waals surface area contributed by atoms with E-state index < -0.39 is 35.6 Å². The first kappa shape index (κ1) is 20.2. The highest BCUT2D eigenvalue weighted by Crippen LogP contribution is 2.33. The molecule has 0 aliphatic carbocycles. The third-order valence-electron chi connectivity index (χ3n) is 5.18. The number of piperidine rings is 1. The highest BCUT2D eigenvalue weighted by Gasteiger charge is 2.45. The molecule has 0 spiro atoms.